The van der Waals surface area contributed by atoms with Crippen LogP contribution in [0.4, 0.5) is 11.5 Å². The van der Waals surface area contributed by atoms with E-state index in [4.69, 9.17) is 9.26 Å². The molecule has 10 heteroatoms. The summed E-state index contributed by atoms with van der Waals surface area (Å²) in [6, 6.07) is 18.4. The number of para-hydroxylation sites is 1. The number of aromatic nitrogens is 2. The van der Waals surface area contributed by atoms with Crippen LogP contribution in [0.3, 0.4) is 0 Å². The molecule has 204 valence electrons. The molecule has 3 amide bonds. The zero-order valence-electron chi connectivity index (χ0n) is 22.3. The first-order valence-electron chi connectivity index (χ1n) is 12.5. The Morgan fingerprint density at radius 3 is 2.45 bits per heavy atom. The highest BCUT2D eigenvalue weighted by molar-refractivity contribution is 6.10. The van der Waals surface area contributed by atoms with Crippen LogP contribution in [0.1, 0.15) is 28.5 Å². The molecule has 0 radical (unpaired) electrons. The summed E-state index contributed by atoms with van der Waals surface area (Å²) in [5.74, 6) is -0.115. The summed E-state index contributed by atoms with van der Waals surface area (Å²) in [4.78, 5) is 45.5. The minimum atomic E-state index is -1.08. The number of aryl methyl sites for hydroxylation is 2. The molecular weight excluding hydrogens is 510 g/mol. The maximum atomic E-state index is 13.8. The van der Waals surface area contributed by atoms with Crippen molar-refractivity contribution in [2.24, 2.45) is 0 Å². The Labute approximate surface area is 231 Å². The Morgan fingerprint density at radius 2 is 1.80 bits per heavy atom. The SMILES string of the molecule is COc1ccc(CNC(=O)C(c2cccnc2)N(C(=O)/C=C/C(=O)Nc2cc(C)on2)c2ccccc2C)cc1. The van der Waals surface area contributed by atoms with Crippen LogP contribution in [0.15, 0.2) is 95.8 Å². The molecule has 0 saturated heterocycles. The second-order valence-corrected chi connectivity index (χ2v) is 8.89. The van der Waals surface area contributed by atoms with E-state index in [1.54, 1.807) is 68.9 Å². The van der Waals surface area contributed by atoms with E-state index in [1.165, 1.54) is 4.90 Å². The summed E-state index contributed by atoms with van der Waals surface area (Å²) in [5.41, 5.74) is 2.64. The van der Waals surface area contributed by atoms with Crippen molar-refractivity contribution in [2.75, 3.05) is 17.3 Å². The highest BCUT2D eigenvalue weighted by Gasteiger charge is 2.33. The van der Waals surface area contributed by atoms with Crippen LogP contribution in [0.2, 0.25) is 0 Å². The predicted molar refractivity (Wildman–Crippen MR) is 149 cm³/mol. The number of anilines is 2. The summed E-state index contributed by atoms with van der Waals surface area (Å²) in [7, 11) is 1.58. The topological polar surface area (TPSA) is 127 Å². The molecule has 0 aliphatic carbocycles. The maximum absolute atomic E-state index is 13.8. The third-order valence-corrected chi connectivity index (χ3v) is 6.00. The normalized spacial score (nSPS) is 11.6. The molecule has 1 atom stereocenters. The lowest BCUT2D eigenvalue weighted by Crippen LogP contribution is -2.43. The number of methoxy groups -OCH3 is 1. The molecule has 2 heterocycles. The number of nitrogens with zero attached hydrogens (tertiary/aromatic N) is 3. The lowest BCUT2D eigenvalue weighted by molar-refractivity contribution is -0.125. The molecule has 1 unspecified atom stereocenters. The van der Waals surface area contributed by atoms with Crippen molar-refractivity contribution in [3.05, 3.63) is 114 Å². The van der Waals surface area contributed by atoms with Crippen molar-refractivity contribution in [3.63, 3.8) is 0 Å². The molecule has 0 aliphatic heterocycles. The standard InChI is InChI=1S/C30H29N5O5/c1-20-7-4-5-9-25(20)35(28(37)15-14-27(36)33-26-17-21(2)40-34-26)29(23-8-6-16-31-19-23)30(38)32-18-22-10-12-24(39-3)13-11-22/h4-17,19,29H,18H2,1-3H3,(H,32,38)(H,33,34,36)/b15-14+. The van der Waals surface area contributed by atoms with Gasteiger partial charge in [0.15, 0.2) is 5.82 Å². The summed E-state index contributed by atoms with van der Waals surface area (Å²) in [5, 5.41) is 9.20. The fourth-order valence-electron chi connectivity index (χ4n) is 4.02. The number of hydrogen-bond donors (Lipinski definition) is 2. The van der Waals surface area contributed by atoms with Gasteiger partial charge in [-0.25, -0.2) is 0 Å². The number of amides is 3. The lowest BCUT2D eigenvalue weighted by Gasteiger charge is -2.31. The van der Waals surface area contributed by atoms with Gasteiger partial charge in [0.05, 0.1) is 7.11 Å². The zero-order valence-corrected chi connectivity index (χ0v) is 22.3. The second-order valence-electron chi connectivity index (χ2n) is 8.89. The van der Waals surface area contributed by atoms with Gasteiger partial charge in [0.1, 0.15) is 17.6 Å². The van der Waals surface area contributed by atoms with Crippen LogP contribution < -0.4 is 20.3 Å². The quantitative estimate of drug-likeness (QED) is 0.288. The number of hydrogen-bond acceptors (Lipinski definition) is 7. The van der Waals surface area contributed by atoms with Crippen LogP contribution in [0, 0.1) is 13.8 Å². The number of pyridine rings is 1. The lowest BCUT2D eigenvalue weighted by atomic mass is 10.0. The average molecular weight is 540 g/mol. The number of rotatable bonds is 10. The minimum Gasteiger partial charge on any atom is -0.497 e. The van der Waals surface area contributed by atoms with E-state index in [0.29, 0.717) is 22.8 Å². The van der Waals surface area contributed by atoms with E-state index in [0.717, 1.165) is 23.3 Å². The van der Waals surface area contributed by atoms with Crippen molar-refractivity contribution in [1.82, 2.24) is 15.5 Å². The van der Waals surface area contributed by atoms with E-state index in [1.807, 2.05) is 31.2 Å². The van der Waals surface area contributed by atoms with Crippen LogP contribution in [-0.2, 0) is 20.9 Å². The molecule has 2 aromatic heterocycles. The fourth-order valence-corrected chi connectivity index (χ4v) is 4.02. The average Bonchev–Trinajstić information content (AvgIpc) is 3.38. The first-order chi connectivity index (χ1) is 19.4. The molecular formula is C30H29N5O5. The maximum Gasteiger partial charge on any atom is 0.252 e. The Hall–Kier alpha value is -5.25. The van der Waals surface area contributed by atoms with Gasteiger partial charge in [-0.05, 0) is 49.2 Å². The Morgan fingerprint density at radius 1 is 1.02 bits per heavy atom. The number of carbonyl (C=O) groups excluding carboxylic acids is 3. The number of ether oxygens (including phenoxy) is 1. The van der Waals surface area contributed by atoms with Crippen molar-refractivity contribution in [2.45, 2.75) is 26.4 Å². The molecule has 10 nitrogen and oxygen atoms in total. The molecule has 0 aliphatic rings. The highest BCUT2D eigenvalue weighted by Crippen LogP contribution is 2.30. The Kier molecular flexibility index (Phi) is 9.03. The molecule has 0 saturated carbocycles. The monoisotopic (exact) mass is 539 g/mol. The van der Waals surface area contributed by atoms with Crippen LogP contribution in [0.5, 0.6) is 5.75 Å². The van der Waals surface area contributed by atoms with Crippen LogP contribution >= 0.6 is 0 Å². The molecule has 40 heavy (non-hydrogen) atoms. The van der Waals surface area contributed by atoms with Gasteiger partial charge < -0.3 is 19.9 Å². The highest BCUT2D eigenvalue weighted by atomic mass is 16.5. The van der Waals surface area contributed by atoms with E-state index < -0.39 is 23.8 Å². The molecule has 2 N–H and O–H groups in total. The molecule has 4 rings (SSSR count). The van der Waals surface area contributed by atoms with E-state index >= 15 is 0 Å². The zero-order chi connectivity index (χ0) is 28.5. The predicted octanol–water partition coefficient (Wildman–Crippen LogP) is 4.28. The van der Waals surface area contributed by atoms with E-state index in [-0.39, 0.29) is 12.4 Å². The van der Waals surface area contributed by atoms with Gasteiger partial charge in [0, 0.05) is 48.4 Å². The van der Waals surface area contributed by atoms with Gasteiger partial charge in [0.25, 0.3) is 5.91 Å². The first-order valence-corrected chi connectivity index (χ1v) is 12.5. The molecule has 0 spiro atoms. The van der Waals surface area contributed by atoms with Gasteiger partial charge in [-0.2, -0.15) is 0 Å². The van der Waals surface area contributed by atoms with Crippen molar-refractivity contribution in [3.8, 4) is 5.75 Å². The summed E-state index contributed by atoms with van der Waals surface area (Å²) >= 11 is 0. The number of benzene rings is 2. The number of nitrogens with one attached hydrogen (secondary N) is 2. The smallest absolute Gasteiger partial charge is 0.252 e. The van der Waals surface area contributed by atoms with E-state index in [9.17, 15) is 14.4 Å². The summed E-state index contributed by atoms with van der Waals surface area (Å²) in [6.07, 6.45) is 5.34. The van der Waals surface area contributed by atoms with Crippen molar-refractivity contribution in [1.29, 1.82) is 0 Å². The minimum absolute atomic E-state index is 0.224. The van der Waals surface area contributed by atoms with Gasteiger partial charge in [-0.15, -0.1) is 0 Å². The third-order valence-electron chi connectivity index (χ3n) is 6.00. The molecule has 2 aromatic carbocycles. The van der Waals surface area contributed by atoms with Gasteiger partial charge >= 0.3 is 0 Å². The number of carbonyl (C=O) groups is 3. The van der Waals surface area contributed by atoms with Crippen molar-refractivity contribution < 1.29 is 23.6 Å². The first kappa shape index (κ1) is 27.8. The Balaban J connectivity index is 1.65. The third kappa shape index (κ3) is 6.98. The van der Waals surface area contributed by atoms with Gasteiger partial charge in [-0.1, -0.05) is 41.6 Å². The van der Waals surface area contributed by atoms with Crippen LogP contribution in [-0.4, -0.2) is 35.0 Å². The molecule has 0 bridgehead atoms. The largest absolute Gasteiger partial charge is 0.497 e. The Bertz CT molecular complexity index is 1500. The summed E-state index contributed by atoms with van der Waals surface area (Å²) < 4.78 is 10.2. The molecule has 4 aromatic rings. The van der Waals surface area contributed by atoms with E-state index in [2.05, 4.69) is 20.8 Å². The van der Waals surface area contributed by atoms with Gasteiger partial charge in [0.2, 0.25) is 11.8 Å². The summed E-state index contributed by atoms with van der Waals surface area (Å²) in [6.45, 7) is 3.76. The molecule has 0 fully saturated rings. The van der Waals surface area contributed by atoms with Crippen LogP contribution in [0.25, 0.3) is 0 Å². The van der Waals surface area contributed by atoms with Crippen molar-refractivity contribution >= 4 is 29.2 Å². The van der Waals surface area contributed by atoms with Gasteiger partial charge in [-0.3, -0.25) is 24.3 Å². The second kappa shape index (κ2) is 13.0. The fraction of sp³-hybridized carbons (Fsp3) is 0.167.